The van der Waals surface area contributed by atoms with Crippen LogP contribution in [0, 0.1) is 0 Å². The molecule has 4 nitrogen and oxygen atoms in total. The molecular formula is C22H20BrNO3. The van der Waals surface area contributed by atoms with Gasteiger partial charge in [0.1, 0.15) is 25.4 Å². The zero-order chi connectivity index (χ0) is 19.1. The molecule has 0 aliphatic rings. The third kappa shape index (κ3) is 5.67. The Hall–Kier alpha value is -2.63. The Morgan fingerprint density at radius 2 is 1.56 bits per heavy atom. The molecule has 0 unspecified atom stereocenters. The number of halogens is 1. The van der Waals surface area contributed by atoms with Gasteiger partial charge in [0.15, 0.2) is 0 Å². The summed E-state index contributed by atoms with van der Waals surface area (Å²) >= 11 is 3.58. The van der Waals surface area contributed by atoms with Crippen molar-refractivity contribution in [2.75, 3.05) is 0 Å². The quantitative estimate of drug-likeness (QED) is 0.603. The van der Waals surface area contributed by atoms with Crippen molar-refractivity contribution < 1.29 is 20.0 Å². The van der Waals surface area contributed by atoms with Crippen molar-refractivity contribution in [1.29, 1.82) is 0 Å². The SMILES string of the molecule is O=C([O-])c1ccc(C[NH2+]Cc2ccc(OCc3ccccc3)c(Br)c2)cc1. The lowest BCUT2D eigenvalue weighted by Crippen LogP contribution is -2.80. The molecule has 2 N–H and O–H groups in total. The van der Waals surface area contributed by atoms with Crippen LogP contribution in [-0.2, 0) is 19.7 Å². The molecule has 0 fully saturated rings. The molecule has 5 heteroatoms. The number of carbonyl (C=O) groups is 1. The molecule has 3 aromatic carbocycles. The number of benzene rings is 3. The van der Waals surface area contributed by atoms with E-state index in [0.29, 0.717) is 6.61 Å². The van der Waals surface area contributed by atoms with E-state index in [0.717, 1.165) is 34.4 Å². The van der Waals surface area contributed by atoms with E-state index < -0.39 is 5.97 Å². The van der Waals surface area contributed by atoms with E-state index in [9.17, 15) is 9.90 Å². The molecule has 0 bridgehead atoms. The van der Waals surface area contributed by atoms with Crippen molar-refractivity contribution in [2.24, 2.45) is 0 Å². The summed E-state index contributed by atoms with van der Waals surface area (Å²) in [5, 5.41) is 12.9. The van der Waals surface area contributed by atoms with Crippen LogP contribution in [0.4, 0.5) is 0 Å². The molecule has 0 spiro atoms. The van der Waals surface area contributed by atoms with Gasteiger partial charge in [0, 0.05) is 11.1 Å². The van der Waals surface area contributed by atoms with Gasteiger partial charge in [-0.25, -0.2) is 0 Å². The second-order valence-corrected chi connectivity index (χ2v) is 7.07. The highest BCUT2D eigenvalue weighted by atomic mass is 79.9. The first-order valence-electron chi connectivity index (χ1n) is 8.69. The number of hydrogen-bond acceptors (Lipinski definition) is 3. The Bertz CT molecular complexity index is 895. The Morgan fingerprint density at radius 1 is 0.889 bits per heavy atom. The predicted molar refractivity (Wildman–Crippen MR) is 105 cm³/mol. The van der Waals surface area contributed by atoms with Crippen LogP contribution in [-0.4, -0.2) is 5.97 Å². The minimum atomic E-state index is -1.15. The van der Waals surface area contributed by atoms with Gasteiger partial charge in [-0.05, 0) is 45.3 Å². The minimum Gasteiger partial charge on any atom is -0.545 e. The number of nitrogens with two attached hydrogens (primary N) is 1. The van der Waals surface area contributed by atoms with E-state index in [1.54, 1.807) is 12.1 Å². The van der Waals surface area contributed by atoms with Gasteiger partial charge in [0.2, 0.25) is 0 Å². The molecule has 0 saturated carbocycles. The standard InChI is InChI=1S/C22H20BrNO3/c23-20-12-18(8-11-21(20)27-15-17-4-2-1-3-5-17)14-24-13-16-6-9-19(10-7-16)22(25)26/h1-12,24H,13-15H2,(H,25,26). The average molecular weight is 426 g/mol. The minimum absolute atomic E-state index is 0.203. The Labute approximate surface area is 166 Å². The summed E-state index contributed by atoms with van der Waals surface area (Å²) < 4.78 is 6.80. The predicted octanol–water partition coefficient (Wildman–Crippen LogP) is 2.66. The van der Waals surface area contributed by atoms with Crippen LogP contribution >= 0.6 is 15.9 Å². The number of quaternary nitrogens is 1. The van der Waals surface area contributed by atoms with Gasteiger partial charge in [-0.2, -0.15) is 0 Å². The average Bonchev–Trinajstić information content (AvgIpc) is 2.68. The van der Waals surface area contributed by atoms with Crippen LogP contribution in [0.15, 0.2) is 77.3 Å². The van der Waals surface area contributed by atoms with E-state index in [1.807, 2.05) is 48.5 Å². The Kier molecular flexibility index (Phi) is 6.63. The fraction of sp³-hybridized carbons (Fsp3) is 0.136. The maximum atomic E-state index is 10.8. The molecule has 3 aromatic rings. The molecule has 0 aliphatic heterocycles. The van der Waals surface area contributed by atoms with Crippen molar-refractivity contribution in [2.45, 2.75) is 19.7 Å². The number of carboxylic acid groups (broad SMARTS) is 1. The van der Waals surface area contributed by atoms with Crippen LogP contribution in [0.1, 0.15) is 27.0 Å². The zero-order valence-electron chi connectivity index (χ0n) is 14.7. The third-order valence-corrected chi connectivity index (χ3v) is 4.80. The Morgan fingerprint density at radius 3 is 2.22 bits per heavy atom. The normalized spacial score (nSPS) is 10.6. The van der Waals surface area contributed by atoms with Crippen LogP contribution in [0.5, 0.6) is 5.75 Å². The van der Waals surface area contributed by atoms with Crippen molar-refractivity contribution in [3.63, 3.8) is 0 Å². The summed E-state index contributed by atoms with van der Waals surface area (Å²) in [7, 11) is 0. The largest absolute Gasteiger partial charge is 0.545 e. The van der Waals surface area contributed by atoms with Gasteiger partial charge in [-0.1, -0.05) is 54.6 Å². The highest BCUT2D eigenvalue weighted by molar-refractivity contribution is 9.10. The third-order valence-electron chi connectivity index (χ3n) is 4.18. The first kappa shape index (κ1) is 19.1. The number of rotatable bonds is 8. The van der Waals surface area contributed by atoms with Crippen molar-refractivity contribution in [1.82, 2.24) is 0 Å². The van der Waals surface area contributed by atoms with Crippen LogP contribution < -0.4 is 15.2 Å². The maximum absolute atomic E-state index is 10.8. The lowest BCUT2D eigenvalue weighted by Gasteiger charge is -2.10. The molecular weight excluding hydrogens is 406 g/mol. The molecule has 0 aromatic heterocycles. The highest BCUT2D eigenvalue weighted by Gasteiger charge is 2.05. The molecule has 0 atom stereocenters. The van der Waals surface area contributed by atoms with Crippen molar-refractivity contribution in [3.05, 3.63) is 99.5 Å². The molecule has 0 radical (unpaired) electrons. The smallest absolute Gasteiger partial charge is 0.134 e. The number of aromatic carboxylic acids is 1. The van der Waals surface area contributed by atoms with Gasteiger partial charge in [0.25, 0.3) is 0 Å². The lowest BCUT2D eigenvalue weighted by molar-refractivity contribution is -0.686. The number of carboxylic acids is 1. The fourth-order valence-electron chi connectivity index (χ4n) is 2.71. The van der Waals surface area contributed by atoms with E-state index >= 15 is 0 Å². The first-order valence-corrected chi connectivity index (χ1v) is 9.48. The fourth-order valence-corrected chi connectivity index (χ4v) is 3.25. The van der Waals surface area contributed by atoms with Gasteiger partial charge in [-0.15, -0.1) is 0 Å². The summed E-state index contributed by atoms with van der Waals surface area (Å²) in [6.45, 7) is 2.13. The molecule has 0 heterocycles. The van der Waals surface area contributed by atoms with Crippen molar-refractivity contribution in [3.8, 4) is 5.75 Å². The zero-order valence-corrected chi connectivity index (χ0v) is 16.3. The monoisotopic (exact) mass is 425 g/mol. The second-order valence-electron chi connectivity index (χ2n) is 6.22. The van der Waals surface area contributed by atoms with Gasteiger partial charge < -0.3 is 20.0 Å². The summed E-state index contributed by atoms with van der Waals surface area (Å²) in [4.78, 5) is 10.8. The summed E-state index contributed by atoms with van der Waals surface area (Å²) in [6.07, 6.45) is 0. The lowest BCUT2D eigenvalue weighted by atomic mass is 10.1. The van der Waals surface area contributed by atoms with Gasteiger partial charge >= 0.3 is 0 Å². The molecule has 0 saturated heterocycles. The van der Waals surface area contributed by atoms with Crippen molar-refractivity contribution >= 4 is 21.9 Å². The van der Waals surface area contributed by atoms with Crippen LogP contribution in [0.2, 0.25) is 0 Å². The Balaban J connectivity index is 1.50. The topological polar surface area (TPSA) is 66.0 Å². The summed E-state index contributed by atoms with van der Waals surface area (Å²) in [5.41, 5.74) is 3.59. The molecule has 27 heavy (non-hydrogen) atoms. The number of carbonyl (C=O) groups excluding carboxylic acids is 1. The van der Waals surface area contributed by atoms with Crippen LogP contribution in [0.3, 0.4) is 0 Å². The number of ether oxygens (including phenoxy) is 1. The van der Waals surface area contributed by atoms with E-state index in [2.05, 4.69) is 33.4 Å². The van der Waals surface area contributed by atoms with Gasteiger partial charge in [0.05, 0.1) is 10.4 Å². The molecule has 0 aliphatic carbocycles. The molecule has 0 amide bonds. The van der Waals surface area contributed by atoms with E-state index in [1.165, 1.54) is 5.56 Å². The van der Waals surface area contributed by atoms with Gasteiger partial charge in [-0.3, -0.25) is 0 Å². The van der Waals surface area contributed by atoms with E-state index in [4.69, 9.17) is 4.74 Å². The van der Waals surface area contributed by atoms with E-state index in [-0.39, 0.29) is 5.56 Å². The number of hydrogen-bond donors (Lipinski definition) is 1. The highest BCUT2D eigenvalue weighted by Crippen LogP contribution is 2.26. The van der Waals surface area contributed by atoms with Crippen LogP contribution in [0.25, 0.3) is 0 Å². The summed E-state index contributed by atoms with van der Waals surface area (Å²) in [5.74, 6) is -0.328. The second kappa shape index (κ2) is 9.35. The molecule has 138 valence electrons. The molecule has 3 rings (SSSR count). The maximum Gasteiger partial charge on any atom is 0.134 e. The first-order chi connectivity index (χ1) is 13.1. The summed E-state index contributed by atoms with van der Waals surface area (Å²) in [6, 6.07) is 23.0.